The second kappa shape index (κ2) is 8.75. The predicted molar refractivity (Wildman–Crippen MR) is 116 cm³/mol. The lowest BCUT2D eigenvalue weighted by atomic mass is 9.96. The summed E-state index contributed by atoms with van der Waals surface area (Å²) >= 11 is 1.61. The van der Waals surface area contributed by atoms with E-state index in [0.29, 0.717) is 16.8 Å². The third kappa shape index (κ3) is 4.38. The highest BCUT2D eigenvalue weighted by Gasteiger charge is 2.27. The number of hydrogen-bond donors (Lipinski definition) is 2. The van der Waals surface area contributed by atoms with E-state index in [1.165, 1.54) is 0 Å². The van der Waals surface area contributed by atoms with Crippen LogP contribution in [-0.2, 0) is 4.79 Å². The van der Waals surface area contributed by atoms with Crippen molar-refractivity contribution in [2.45, 2.75) is 5.92 Å². The monoisotopic (exact) mass is 401 g/mol. The van der Waals surface area contributed by atoms with Gasteiger partial charge in [-0.3, -0.25) is 14.6 Å². The Bertz CT molecular complexity index is 1050. The molecule has 2 aromatic carbocycles. The number of rotatable bonds is 6. The number of carbonyl (C=O) groups is 2. The Kier molecular flexibility index (Phi) is 5.72. The number of thioether (sulfide) groups is 1. The highest BCUT2D eigenvalue weighted by Crippen LogP contribution is 2.29. The summed E-state index contributed by atoms with van der Waals surface area (Å²) in [5.41, 5.74) is 3.37. The number of ketones is 1. The molecule has 0 fully saturated rings. The number of nitrogens with one attached hydrogen (secondary N) is 2. The molecule has 1 aliphatic rings. The molecule has 1 unspecified atom stereocenters. The molecule has 2 N–H and O–H groups in total. The van der Waals surface area contributed by atoms with Gasteiger partial charge in [-0.05, 0) is 29.2 Å². The van der Waals surface area contributed by atoms with Crippen molar-refractivity contribution in [2.75, 3.05) is 11.2 Å². The van der Waals surface area contributed by atoms with Crippen LogP contribution in [0, 0.1) is 0 Å². The second-order valence-electron chi connectivity index (χ2n) is 6.55. The van der Waals surface area contributed by atoms with Crippen molar-refractivity contribution in [3.63, 3.8) is 0 Å². The molecule has 1 aliphatic heterocycles. The van der Waals surface area contributed by atoms with Gasteiger partial charge in [0, 0.05) is 34.9 Å². The van der Waals surface area contributed by atoms with Gasteiger partial charge in [0.2, 0.25) is 5.91 Å². The average molecular weight is 401 g/mol. The molecule has 0 saturated heterocycles. The zero-order chi connectivity index (χ0) is 20.1. The van der Waals surface area contributed by atoms with Crippen molar-refractivity contribution in [1.29, 1.82) is 0 Å². The maximum atomic E-state index is 13.1. The number of amides is 1. The fraction of sp³-hybridized carbons (Fsp3) is 0.0870. The van der Waals surface area contributed by atoms with Crippen molar-refractivity contribution in [1.82, 2.24) is 10.3 Å². The first-order valence-electron chi connectivity index (χ1n) is 9.18. The molecule has 2 heterocycles. The van der Waals surface area contributed by atoms with E-state index >= 15 is 0 Å². The lowest BCUT2D eigenvalue weighted by Crippen LogP contribution is -2.27. The number of pyridine rings is 1. The van der Waals surface area contributed by atoms with Crippen molar-refractivity contribution < 1.29 is 9.59 Å². The number of carbonyl (C=O) groups excluding carboxylic acids is 2. The van der Waals surface area contributed by atoms with E-state index < -0.39 is 5.92 Å². The molecule has 6 heteroatoms. The van der Waals surface area contributed by atoms with E-state index in [-0.39, 0.29) is 11.7 Å². The molecule has 0 radical (unpaired) electrons. The minimum absolute atomic E-state index is 0.0814. The topological polar surface area (TPSA) is 71.1 Å². The van der Waals surface area contributed by atoms with Gasteiger partial charge in [-0.2, -0.15) is 0 Å². The van der Waals surface area contributed by atoms with Crippen LogP contribution in [-0.4, -0.2) is 22.6 Å². The van der Waals surface area contributed by atoms with Crippen LogP contribution < -0.4 is 10.6 Å². The van der Waals surface area contributed by atoms with Gasteiger partial charge in [0.05, 0.1) is 5.88 Å². The van der Waals surface area contributed by atoms with Crippen LogP contribution in [0.1, 0.15) is 27.4 Å². The highest BCUT2D eigenvalue weighted by molar-refractivity contribution is 8.02. The molecule has 0 aliphatic carbocycles. The Hall–Kier alpha value is -3.38. The lowest BCUT2D eigenvalue weighted by molar-refractivity contribution is -0.116. The molecule has 0 bridgehead atoms. The van der Waals surface area contributed by atoms with E-state index in [1.807, 2.05) is 35.7 Å². The third-order valence-electron chi connectivity index (χ3n) is 4.59. The summed E-state index contributed by atoms with van der Waals surface area (Å²) in [6, 6.07) is 19.8. The van der Waals surface area contributed by atoms with E-state index in [9.17, 15) is 9.59 Å². The van der Waals surface area contributed by atoms with Gasteiger partial charge in [0.15, 0.2) is 5.78 Å². The summed E-state index contributed by atoms with van der Waals surface area (Å²) in [7, 11) is 0. The first-order valence-corrected chi connectivity index (χ1v) is 10.2. The Balaban J connectivity index is 1.58. The number of nitrogens with zero attached hydrogens (tertiary/aromatic N) is 1. The first kappa shape index (κ1) is 19.0. The predicted octanol–water partition coefficient (Wildman–Crippen LogP) is 4.17. The normalized spacial score (nSPS) is 13.9. The number of benzene rings is 2. The van der Waals surface area contributed by atoms with Crippen LogP contribution in [0.5, 0.6) is 0 Å². The Labute approximate surface area is 173 Å². The summed E-state index contributed by atoms with van der Waals surface area (Å²) in [4.78, 5) is 30.0. The van der Waals surface area contributed by atoms with Gasteiger partial charge in [-0.25, -0.2) is 0 Å². The van der Waals surface area contributed by atoms with E-state index in [4.69, 9.17) is 0 Å². The molecule has 0 saturated carbocycles. The molecule has 0 spiro atoms. The van der Waals surface area contributed by atoms with E-state index in [2.05, 4.69) is 15.6 Å². The minimum atomic E-state index is -0.493. The standard InChI is InChI=1S/C23H19N3O2S/c27-22(16-6-2-1-3-7-16)17-8-4-10-19(12-17)26-23(28)21(20-14-29-15-25-20)18-9-5-11-24-13-18/h1-14,21,25H,15H2,(H,26,28). The fourth-order valence-electron chi connectivity index (χ4n) is 3.20. The van der Waals surface area contributed by atoms with E-state index in [0.717, 1.165) is 17.1 Å². The summed E-state index contributed by atoms with van der Waals surface area (Å²) in [6.45, 7) is 0. The van der Waals surface area contributed by atoms with Gasteiger partial charge in [0.25, 0.3) is 0 Å². The van der Waals surface area contributed by atoms with Gasteiger partial charge in [-0.1, -0.05) is 48.5 Å². The largest absolute Gasteiger partial charge is 0.378 e. The Morgan fingerprint density at radius 1 is 1.00 bits per heavy atom. The van der Waals surface area contributed by atoms with Crippen LogP contribution in [0.25, 0.3) is 0 Å². The van der Waals surface area contributed by atoms with Crippen LogP contribution >= 0.6 is 11.8 Å². The van der Waals surface area contributed by atoms with Gasteiger partial charge >= 0.3 is 0 Å². The minimum Gasteiger partial charge on any atom is -0.378 e. The molecule has 3 aromatic rings. The molecular weight excluding hydrogens is 382 g/mol. The Morgan fingerprint density at radius 3 is 2.55 bits per heavy atom. The zero-order valence-corrected chi connectivity index (χ0v) is 16.4. The van der Waals surface area contributed by atoms with Crippen LogP contribution in [0.4, 0.5) is 5.69 Å². The molecule has 5 nitrogen and oxygen atoms in total. The summed E-state index contributed by atoms with van der Waals surface area (Å²) < 4.78 is 0. The average Bonchev–Trinajstić information content (AvgIpc) is 3.29. The van der Waals surface area contributed by atoms with Gasteiger partial charge in [-0.15, -0.1) is 11.8 Å². The highest BCUT2D eigenvalue weighted by atomic mass is 32.2. The van der Waals surface area contributed by atoms with Crippen LogP contribution in [0.15, 0.2) is 90.2 Å². The number of aromatic nitrogens is 1. The van der Waals surface area contributed by atoms with Crippen molar-refractivity contribution in [2.24, 2.45) is 0 Å². The summed E-state index contributed by atoms with van der Waals surface area (Å²) in [6.07, 6.45) is 3.38. The summed E-state index contributed by atoms with van der Waals surface area (Å²) in [5, 5.41) is 8.17. The molecule has 1 aromatic heterocycles. The van der Waals surface area contributed by atoms with E-state index in [1.54, 1.807) is 60.6 Å². The van der Waals surface area contributed by atoms with Crippen LogP contribution in [0.3, 0.4) is 0 Å². The van der Waals surface area contributed by atoms with Crippen LogP contribution in [0.2, 0.25) is 0 Å². The zero-order valence-electron chi connectivity index (χ0n) is 15.5. The van der Waals surface area contributed by atoms with Crippen molar-refractivity contribution in [3.05, 3.63) is 107 Å². The SMILES string of the molecule is O=C(c1ccccc1)c1cccc(NC(=O)C(C2=CSCN2)c2cccnc2)c1. The first-order chi connectivity index (χ1) is 14.2. The molecule has 144 valence electrons. The quantitative estimate of drug-likeness (QED) is 0.607. The van der Waals surface area contributed by atoms with Gasteiger partial charge in [0.1, 0.15) is 5.92 Å². The molecular formula is C23H19N3O2S. The Morgan fingerprint density at radius 2 is 1.83 bits per heavy atom. The number of hydrogen-bond acceptors (Lipinski definition) is 5. The second-order valence-corrected chi connectivity index (χ2v) is 7.40. The molecule has 1 amide bonds. The maximum Gasteiger partial charge on any atom is 0.237 e. The fourth-order valence-corrected chi connectivity index (χ4v) is 3.93. The van der Waals surface area contributed by atoms with Crippen molar-refractivity contribution >= 4 is 29.1 Å². The summed E-state index contributed by atoms with van der Waals surface area (Å²) in [5.74, 6) is -0.0155. The maximum absolute atomic E-state index is 13.1. The number of anilines is 1. The van der Waals surface area contributed by atoms with Gasteiger partial charge < -0.3 is 10.6 Å². The molecule has 29 heavy (non-hydrogen) atoms. The lowest BCUT2D eigenvalue weighted by Gasteiger charge is -2.19. The van der Waals surface area contributed by atoms with Crippen molar-refractivity contribution in [3.8, 4) is 0 Å². The smallest absolute Gasteiger partial charge is 0.237 e. The molecule has 4 rings (SSSR count). The molecule has 1 atom stereocenters. The third-order valence-corrected chi connectivity index (χ3v) is 5.32.